The molecule has 12 heteroatoms. The molecule has 6 N–H and O–H groups in total. The molecule has 3 heterocycles. The fourth-order valence-corrected chi connectivity index (χ4v) is 4.39. The van der Waals surface area contributed by atoms with E-state index in [1.807, 2.05) is 0 Å². The van der Waals surface area contributed by atoms with Crippen LogP contribution in [0, 0.1) is 0 Å². The van der Waals surface area contributed by atoms with Crippen LogP contribution in [0.25, 0.3) is 22.3 Å². The standard InChI is InChI=1S/C26H28O12/c27-14-10-34-25(21(32)18(14)29)35-11-16-19(30)20(31)22(33)26(37-16)38-24-17(28)13-8-4-5-9-15(13)36-23(24)12-6-2-1-3-7-12/h1-9,14,16,18-22,25-27,29-33H,10-11H2. The van der Waals surface area contributed by atoms with Gasteiger partial charge in [0.2, 0.25) is 17.5 Å². The topological polar surface area (TPSA) is 189 Å². The Bertz CT molecular complexity index is 1300. The predicted molar refractivity (Wildman–Crippen MR) is 129 cm³/mol. The summed E-state index contributed by atoms with van der Waals surface area (Å²) in [7, 11) is 0. The zero-order chi connectivity index (χ0) is 27.0. The lowest BCUT2D eigenvalue weighted by atomic mass is 9.99. The number of fused-ring (bicyclic) bond motifs is 1. The average molecular weight is 532 g/mol. The van der Waals surface area contributed by atoms with Gasteiger partial charge in [-0.2, -0.15) is 0 Å². The molecule has 2 aliphatic rings. The zero-order valence-electron chi connectivity index (χ0n) is 19.9. The van der Waals surface area contributed by atoms with Crippen LogP contribution >= 0.6 is 0 Å². The van der Waals surface area contributed by atoms with Crippen LogP contribution in [-0.4, -0.2) is 99.2 Å². The summed E-state index contributed by atoms with van der Waals surface area (Å²) in [4.78, 5) is 13.4. The molecule has 2 aromatic carbocycles. The van der Waals surface area contributed by atoms with Crippen molar-refractivity contribution in [3.8, 4) is 17.1 Å². The van der Waals surface area contributed by atoms with E-state index in [4.69, 9.17) is 23.4 Å². The van der Waals surface area contributed by atoms with E-state index in [2.05, 4.69) is 0 Å². The molecule has 0 spiro atoms. The first kappa shape index (κ1) is 26.7. The Labute approximate surface area is 215 Å². The van der Waals surface area contributed by atoms with Crippen molar-refractivity contribution in [3.05, 3.63) is 64.8 Å². The van der Waals surface area contributed by atoms with E-state index >= 15 is 0 Å². The highest BCUT2D eigenvalue weighted by molar-refractivity contribution is 5.81. The molecule has 0 saturated carbocycles. The van der Waals surface area contributed by atoms with Crippen LogP contribution in [0.15, 0.2) is 63.8 Å². The summed E-state index contributed by atoms with van der Waals surface area (Å²) in [5.74, 6) is -0.199. The van der Waals surface area contributed by atoms with Crippen molar-refractivity contribution in [2.45, 2.75) is 55.3 Å². The summed E-state index contributed by atoms with van der Waals surface area (Å²) in [5.41, 5.74) is 0.287. The third-order valence-electron chi connectivity index (χ3n) is 6.57. The summed E-state index contributed by atoms with van der Waals surface area (Å²) >= 11 is 0. The van der Waals surface area contributed by atoms with Crippen LogP contribution in [0.3, 0.4) is 0 Å². The van der Waals surface area contributed by atoms with Gasteiger partial charge in [-0.05, 0) is 12.1 Å². The highest BCUT2D eigenvalue weighted by atomic mass is 16.7. The summed E-state index contributed by atoms with van der Waals surface area (Å²) in [5, 5.41) is 61.3. The molecule has 2 fully saturated rings. The average Bonchev–Trinajstić information content (AvgIpc) is 2.94. The van der Waals surface area contributed by atoms with E-state index in [-0.39, 0.29) is 23.5 Å². The van der Waals surface area contributed by atoms with E-state index in [1.54, 1.807) is 54.6 Å². The van der Waals surface area contributed by atoms with Gasteiger partial charge in [-0.1, -0.05) is 42.5 Å². The largest absolute Gasteiger partial charge is 0.454 e. The van der Waals surface area contributed by atoms with Gasteiger partial charge in [-0.3, -0.25) is 4.79 Å². The lowest BCUT2D eigenvalue weighted by Gasteiger charge is -2.41. The molecule has 1 aromatic heterocycles. The van der Waals surface area contributed by atoms with Crippen LogP contribution in [-0.2, 0) is 14.2 Å². The molecular formula is C26H28O12. The van der Waals surface area contributed by atoms with E-state index in [9.17, 15) is 35.4 Å². The van der Waals surface area contributed by atoms with E-state index in [0.717, 1.165) is 0 Å². The highest BCUT2D eigenvalue weighted by Crippen LogP contribution is 2.33. The van der Waals surface area contributed by atoms with Crippen molar-refractivity contribution in [1.29, 1.82) is 0 Å². The van der Waals surface area contributed by atoms with Crippen molar-refractivity contribution >= 4 is 11.0 Å². The Balaban J connectivity index is 1.41. The number of ether oxygens (including phenoxy) is 4. The maximum absolute atomic E-state index is 13.4. The van der Waals surface area contributed by atoms with Crippen molar-refractivity contribution in [3.63, 3.8) is 0 Å². The minimum atomic E-state index is -1.76. The van der Waals surface area contributed by atoms with Crippen LogP contribution in [0.5, 0.6) is 5.75 Å². The van der Waals surface area contributed by atoms with E-state index in [1.165, 1.54) is 0 Å². The molecule has 2 saturated heterocycles. The van der Waals surface area contributed by atoms with Crippen molar-refractivity contribution in [1.82, 2.24) is 0 Å². The minimum Gasteiger partial charge on any atom is -0.454 e. The van der Waals surface area contributed by atoms with Crippen molar-refractivity contribution in [2.24, 2.45) is 0 Å². The highest BCUT2D eigenvalue weighted by Gasteiger charge is 2.47. The first-order valence-corrected chi connectivity index (χ1v) is 12.0. The van der Waals surface area contributed by atoms with E-state index in [0.29, 0.717) is 11.1 Å². The Morgan fingerprint density at radius 1 is 0.789 bits per heavy atom. The molecule has 9 unspecified atom stereocenters. The SMILES string of the molecule is O=c1c(OC2OC(COC3OCC(O)C(O)C3O)C(O)C(O)C2O)c(-c2ccccc2)oc2ccccc12. The van der Waals surface area contributed by atoms with Gasteiger partial charge in [0.1, 0.15) is 48.3 Å². The second-order valence-corrected chi connectivity index (χ2v) is 9.17. The predicted octanol–water partition coefficient (Wildman–Crippen LogP) is -0.898. The first-order chi connectivity index (χ1) is 18.3. The zero-order valence-corrected chi connectivity index (χ0v) is 19.9. The number of hydrogen-bond donors (Lipinski definition) is 6. The number of rotatable bonds is 6. The number of aliphatic hydroxyl groups is 6. The maximum atomic E-state index is 13.4. The van der Waals surface area contributed by atoms with Gasteiger partial charge in [0, 0.05) is 5.56 Å². The number of aliphatic hydroxyl groups excluding tert-OH is 6. The molecule has 2 aliphatic heterocycles. The summed E-state index contributed by atoms with van der Waals surface area (Å²) < 4.78 is 28.1. The summed E-state index contributed by atoms with van der Waals surface area (Å²) in [6.07, 6.45) is -13.8. The molecule has 9 atom stereocenters. The second-order valence-electron chi connectivity index (χ2n) is 9.17. The molecule has 38 heavy (non-hydrogen) atoms. The summed E-state index contributed by atoms with van der Waals surface area (Å²) in [6.45, 7) is -0.767. The Kier molecular flexibility index (Phi) is 7.77. The van der Waals surface area contributed by atoms with Crippen LogP contribution in [0.2, 0.25) is 0 Å². The quantitative estimate of drug-likeness (QED) is 0.230. The summed E-state index contributed by atoms with van der Waals surface area (Å²) in [6, 6.07) is 15.2. The van der Waals surface area contributed by atoms with Crippen molar-refractivity contribution < 1.29 is 54.0 Å². The van der Waals surface area contributed by atoms with Gasteiger partial charge in [-0.25, -0.2) is 0 Å². The Morgan fingerprint density at radius 3 is 2.24 bits per heavy atom. The molecule has 0 aliphatic carbocycles. The number of hydrogen-bond acceptors (Lipinski definition) is 12. The van der Waals surface area contributed by atoms with Crippen molar-refractivity contribution in [2.75, 3.05) is 13.2 Å². The lowest BCUT2D eigenvalue weighted by molar-refractivity contribution is -0.307. The molecule has 0 radical (unpaired) electrons. The second kappa shape index (κ2) is 11.1. The molecule has 5 rings (SSSR count). The van der Waals surface area contributed by atoms with Crippen LogP contribution in [0.4, 0.5) is 0 Å². The third-order valence-corrected chi connectivity index (χ3v) is 6.57. The van der Waals surface area contributed by atoms with Gasteiger partial charge in [-0.15, -0.1) is 0 Å². The fraction of sp³-hybridized carbons (Fsp3) is 0.423. The molecule has 0 bridgehead atoms. The van der Waals surface area contributed by atoms with E-state index < -0.39 is 67.3 Å². The normalized spacial score (nSPS) is 33.8. The van der Waals surface area contributed by atoms with Crippen LogP contribution in [0.1, 0.15) is 0 Å². The molecule has 204 valence electrons. The maximum Gasteiger partial charge on any atom is 0.235 e. The third kappa shape index (κ3) is 5.06. The minimum absolute atomic E-state index is 0.0739. The van der Waals surface area contributed by atoms with Gasteiger partial charge in [0.05, 0.1) is 18.6 Å². The number of para-hydroxylation sites is 1. The fourth-order valence-electron chi connectivity index (χ4n) is 4.39. The van der Waals surface area contributed by atoms with Crippen LogP contribution < -0.4 is 10.2 Å². The molecular weight excluding hydrogens is 504 g/mol. The Morgan fingerprint density at radius 2 is 1.47 bits per heavy atom. The molecule has 0 amide bonds. The lowest BCUT2D eigenvalue weighted by Crippen LogP contribution is -2.61. The van der Waals surface area contributed by atoms with Gasteiger partial charge in [0.25, 0.3) is 0 Å². The first-order valence-electron chi connectivity index (χ1n) is 12.0. The van der Waals surface area contributed by atoms with Gasteiger partial charge >= 0.3 is 0 Å². The molecule has 12 nitrogen and oxygen atoms in total. The number of benzene rings is 2. The van der Waals surface area contributed by atoms with Gasteiger partial charge in [0.15, 0.2) is 12.1 Å². The Hall–Kier alpha value is -2.91. The van der Waals surface area contributed by atoms with Gasteiger partial charge < -0.3 is 54.0 Å². The molecule has 3 aromatic rings. The monoisotopic (exact) mass is 532 g/mol. The smallest absolute Gasteiger partial charge is 0.235 e.